The van der Waals surface area contributed by atoms with Gasteiger partial charge in [-0.1, -0.05) is 23.2 Å². The maximum atomic E-state index is 11.7. The van der Waals surface area contributed by atoms with Gasteiger partial charge in [-0.25, -0.2) is 4.79 Å². The molecule has 0 atom stereocenters. The Morgan fingerprint density at radius 2 is 2.00 bits per heavy atom. The molecule has 0 aliphatic rings. The third-order valence-electron chi connectivity index (χ3n) is 2.23. The van der Waals surface area contributed by atoms with Crippen LogP contribution >= 0.6 is 23.2 Å². The quantitative estimate of drug-likeness (QED) is 0.864. The third kappa shape index (κ3) is 2.16. The Morgan fingerprint density at radius 1 is 1.28 bits per heavy atom. The van der Waals surface area contributed by atoms with Crippen LogP contribution in [0.3, 0.4) is 0 Å². The zero-order valence-corrected chi connectivity index (χ0v) is 10.3. The highest BCUT2D eigenvalue weighted by Gasteiger charge is 2.09. The molecule has 0 amide bonds. The monoisotopic (exact) mass is 281 g/mol. The van der Waals surface area contributed by atoms with Crippen molar-refractivity contribution in [3.63, 3.8) is 0 Å². The number of rotatable bonds is 1. The lowest BCUT2D eigenvalue weighted by Crippen LogP contribution is -2.30. The van der Waals surface area contributed by atoms with Gasteiger partial charge in [0.2, 0.25) is 0 Å². The SMILES string of the molecule is N#Cc1cn(-c2ccc(Cl)cc2Cl)c(=O)[nH]c1=O. The van der Waals surface area contributed by atoms with Gasteiger partial charge in [0.1, 0.15) is 11.6 Å². The Balaban J connectivity index is 2.76. The van der Waals surface area contributed by atoms with Crippen LogP contribution in [0.1, 0.15) is 5.56 Å². The minimum atomic E-state index is -0.733. The molecule has 7 heteroatoms. The summed E-state index contributed by atoms with van der Waals surface area (Å²) in [6.45, 7) is 0. The first kappa shape index (κ1) is 12.4. The maximum absolute atomic E-state index is 11.7. The first-order valence-corrected chi connectivity index (χ1v) is 5.50. The largest absolute Gasteiger partial charge is 0.333 e. The second-order valence-corrected chi connectivity index (χ2v) is 4.22. The third-order valence-corrected chi connectivity index (χ3v) is 2.77. The summed E-state index contributed by atoms with van der Waals surface area (Å²) in [5, 5.41) is 9.41. The number of aromatic amines is 1. The number of nitrogens with zero attached hydrogens (tertiary/aromatic N) is 2. The summed E-state index contributed by atoms with van der Waals surface area (Å²) >= 11 is 11.7. The van der Waals surface area contributed by atoms with Crippen molar-refractivity contribution in [2.75, 3.05) is 0 Å². The Hall–Kier alpha value is -2.03. The molecule has 0 bridgehead atoms. The number of nitriles is 1. The molecule has 0 saturated carbocycles. The van der Waals surface area contributed by atoms with Crippen molar-refractivity contribution in [3.05, 3.63) is 60.8 Å². The van der Waals surface area contributed by atoms with Crippen molar-refractivity contribution >= 4 is 23.2 Å². The Kier molecular flexibility index (Phi) is 3.24. The lowest BCUT2D eigenvalue weighted by molar-refractivity contribution is 0.889. The van der Waals surface area contributed by atoms with Crippen LogP contribution in [0.4, 0.5) is 0 Å². The van der Waals surface area contributed by atoms with E-state index in [-0.39, 0.29) is 10.6 Å². The molecule has 0 unspecified atom stereocenters. The maximum Gasteiger partial charge on any atom is 0.333 e. The Labute approximate surface area is 111 Å². The normalized spacial score (nSPS) is 10.1. The number of aromatic nitrogens is 2. The summed E-state index contributed by atoms with van der Waals surface area (Å²) in [5.41, 5.74) is -1.26. The van der Waals surface area contributed by atoms with Crippen molar-refractivity contribution in [2.45, 2.75) is 0 Å². The molecule has 0 fully saturated rings. The van der Waals surface area contributed by atoms with Gasteiger partial charge in [0.25, 0.3) is 5.56 Å². The zero-order chi connectivity index (χ0) is 13.3. The lowest BCUT2D eigenvalue weighted by Gasteiger charge is -2.07. The van der Waals surface area contributed by atoms with Gasteiger partial charge in [0.05, 0.1) is 10.7 Å². The lowest BCUT2D eigenvalue weighted by atomic mass is 10.3. The average Bonchev–Trinajstić information content (AvgIpc) is 2.30. The highest BCUT2D eigenvalue weighted by Crippen LogP contribution is 2.23. The first-order chi connectivity index (χ1) is 8.52. The highest BCUT2D eigenvalue weighted by molar-refractivity contribution is 6.35. The molecule has 18 heavy (non-hydrogen) atoms. The molecule has 2 rings (SSSR count). The van der Waals surface area contributed by atoms with Crippen LogP contribution in [0.15, 0.2) is 34.0 Å². The summed E-state index contributed by atoms with van der Waals surface area (Å²) in [6, 6.07) is 6.22. The highest BCUT2D eigenvalue weighted by atomic mass is 35.5. The summed E-state index contributed by atoms with van der Waals surface area (Å²) in [7, 11) is 0. The van der Waals surface area contributed by atoms with E-state index in [0.29, 0.717) is 10.7 Å². The van der Waals surface area contributed by atoms with E-state index in [1.165, 1.54) is 12.1 Å². The number of hydrogen-bond acceptors (Lipinski definition) is 3. The Bertz CT molecular complexity index is 771. The smallest absolute Gasteiger partial charge is 0.273 e. The van der Waals surface area contributed by atoms with Gasteiger partial charge in [-0.3, -0.25) is 14.3 Å². The molecule has 1 aromatic heterocycles. The molecule has 0 aliphatic heterocycles. The van der Waals surface area contributed by atoms with E-state index in [4.69, 9.17) is 28.5 Å². The van der Waals surface area contributed by atoms with E-state index >= 15 is 0 Å². The van der Waals surface area contributed by atoms with E-state index in [1.54, 1.807) is 12.1 Å². The van der Waals surface area contributed by atoms with Crippen LogP contribution in [0.2, 0.25) is 10.0 Å². The van der Waals surface area contributed by atoms with E-state index in [0.717, 1.165) is 10.8 Å². The number of H-pyrrole nitrogens is 1. The van der Waals surface area contributed by atoms with Crippen LogP contribution < -0.4 is 11.2 Å². The topological polar surface area (TPSA) is 78.7 Å². The van der Waals surface area contributed by atoms with Crippen LogP contribution in [0.25, 0.3) is 5.69 Å². The van der Waals surface area contributed by atoms with E-state index in [2.05, 4.69) is 0 Å². The van der Waals surface area contributed by atoms with Crippen LogP contribution in [0.5, 0.6) is 0 Å². The molecular formula is C11H5Cl2N3O2. The molecule has 0 spiro atoms. The van der Waals surface area contributed by atoms with Gasteiger partial charge >= 0.3 is 5.69 Å². The number of benzene rings is 1. The second-order valence-electron chi connectivity index (χ2n) is 3.38. The first-order valence-electron chi connectivity index (χ1n) is 4.74. The summed E-state index contributed by atoms with van der Waals surface area (Å²) in [5.74, 6) is 0. The fraction of sp³-hybridized carbons (Fsp3) is 0. The molecule has 0 aliphatic carbocycles. The van der Waals surface area contributed by atoms with Crippen molar-refractivity contribution in [1.82, 2.24) is 9.55 Å². The molecular weight excluding hydrogens is 277 g/mol. The van der Waals surface area contributed by atoms with Crippen LogP contribution in [-0.4, -0.2) is 9.55 Å². The fourth-order valence-corrected chi connectivity index (χ4v) is 1.91. The van der Waals surface area contributed by atoms with Crippen molar-refractivity contribution in [3.8, 4) is 11.8 Å². The van der Waals surface area contributed by atoms with E-state index in [1.807, 2.05) is 4.98 Å². The van der Waals surface area contributed by atoms with Crippen LogP contribution in [0, 0.1) is 11.3 Å². The molecule has 90 valence electrons. The number of nitrogens with one attached hydrogen (secondary N) is 1. The van der Waals surface area contributed by atoms with Gasteiger partial charge in [0.15, 0.2) is 0 Å². The molecule has 2 aromatic rings. The van der Waals surface area contributed by atoms with E-state index in [9.17, 15) is 9.59 Å². The Morgan fingerprint density at radius 3 is 2.61 bits per heavy atom. The van der Waals surface area contributed by atoms with Crippen LogP contribution in [-0.2, 0) is 0 Å². The fourth-order valence-electron chi connectivity index (χ4n) is 1.41. The predicted octanol–water partition coefficient (Wildman–Crippen LogP) is 1.70. The molecule has 1 aromatic carbocycles. The van der Waals surface area contributed by atoms with Gasteiger partial charge in [-0.2, -0.15) is 5.26 Å². The summed E-state index contributed by atoms with van der Waals surface area (Å²) in [6.07, 6.45) is 1.14. The van der Waals surface area contributed by atoms with E-state index < -0.39 is 11.2 Å². The second kappa shape index (κ2) is 4.69. The van der Waals surface area contributed by atoms with Gasteiger partial charge in [-0.05, 0) is 18.2 Å². The molecule has 1 N–H and O–H groups in total. The number of halogens is 2. The zero-order valence-electron chi connectivity index (χ0n) is 8.78. The summed E-state index contributed by atoms with van der Waals surface area (Å²) in [4.78, 5) is 24.9. The summed E-state index contributed by atoms with van der Waals surface area (Å²) < 4.78 is 1.08. The average molecular weight is 282 g/mol. The van der Waals surface area contributed by atoms with Crippen molar-refractivity contribution < 1.29 is 0 Å². The molecule has 5 nitrogen and oxygen atoms in total. The predicted molar refractivity (Wildman–Crippen MR) is 67.4 cm³/mol. The minimum absolute atomic E-state index is 0.180. The van der Waals surface area contributed by atoms with Gasteiger partial charge in [0, 0.05) is 11.2 Å². The van der Waals surface area contributed by atoms with Gasteiger partial charge in [-0.15, -0.1) is 0 Å². The minimum Gasteiger partial charge on any atom is -0.273 e. The van der Waals surface area contributed by atoms with Crippen molar-refractivity contribution in [2.24, 2.45) is 0 Å². The van der Waals surface area contributed by atoms with Gasteiger partial charge < -0.3 is 0 Å². The standard InChI is InChI=1S/C11H5Cl2N3O2/c12-7-1-2-9(8(13)3-7)16-5-6(4-14)10(17)15-11(16)18/h1-3,5H,(H,15,17,18). The van der Waals surface area contributed by atoms with Crippen molar-refractivity contribution in [1.29, 1.82) is 5.26 Å². The molecule has 1 heterocycles. The molecule has 0 radical (unpaired) electrons. The number of hydrogen-bond donors (Lipinski definition) is 1. The molecule has 0 saturated heterocycles.